The van der Waals surface area contributed by atoms with Crippen LogP contribution in [0.3, 0.4) is 0 Å². The molecule has 0 aromatic heterocycles. The summed E-state index contributed by atoms with van der Waals surface area (Å²) in [6, 6.07) is 11.2. The minimum absolute atomic E-state index is 0.209. The van der Waals surface area contributed by atoms with Gasteiger partial charge in [-0.2, -0.15) is 5.10 Å². The molecule has 8 heteroatoms. The van der Waals surface area contributed by atoms with Gasteiger partial charge in [0, 0.05) is 35.2 Å². The predicted octanol–water partition coefficient (Wildman–Crippen LogP) is 2.77. The zero-order valence-electron chi connectivity index (χ0n) is 15.2. The lowest BCUT2D eigenvalue weighted by atomic mass is 10.1. The van der Waals surface area contributed by atoms with Crippen molar-refractivity contribution in [1.29, 1.82) is 0 Å². The summed E-state index contributed by atoms with van der Waals surface area (Å²) >= 11 is 3.46. The molecule has 2 aromatic rings. The number of amides is 1. The topological polar surface area (TPSA) is 72.4 Å². The molecular weight excluding hydrogens is 426 g/mol. The third kappa shape index (κ3) is 4.52. The number of rotatable bonds is 5. The number of benzene rings is 2. The van der Waals surface area contributed by atoms with Crippen LogP contribution in [-0.2, 0) is 11.3 Å². The molecule has 1 saturated heterocycles. The Balaban J connectivity index is 1.34. The number of hydrogen-bond acceptors (Lipinski definition) is 6. The Morgan fingerprint density at radius 1 is 1.14 bits per heavy atom. The first-order chi connectivity index (χ1) is 13.7. The molecule has 0 atom stereocenters. The average molecular weight is 446 g/mol. The van der Waals surface area contributed by atoms with Crippen LogP contribution in [-0.4, -0.2) is 50.1 Å². The molecule has 0 radical (unpaired) electrons. The average Bonchev–Trinajstić information content (AvgIpc) is 3.16. The highest BCUT2D eigenvalue weighted by Gasteiger charge is 2.15. The predicted molar refractivity (Wildman–Crippen MR) is 108 cm³/mol. The van der Waals surface area contributed by atoms with Crippen LogP contribution in [0.2, 0.25) is 0 Å². The monoisotopic (exact) mass is 445 g/mol. The van der Waals surface area contributed by atoms with Crippen molar-refractivity contribution in [2.75, 3.05) is 33.1 Å². The Morgan fingerprint density at radius 3 is 2.61 bits per heavy atom. The van der Waals surface area contributed by atoms with Crippen molar-refractivity contribution in [1.82, 2.24) is 10.3 Å². The van der Waals surface area contributed by atoms with Gasteiger partial charge in [-0.1, -0.05) is 12.1 Å². The van der Waals surface area contributed by atoms with Crippen molar-refractivity contribution in [3.63, 3.8) is 0 Å². The van der Waals surface area contributed by atoms with Crippen LogP contribution >= 0.6 is 15.9 Å². The summed E-state index contributed by atoms with van der Waals surface area (Å²) in [5.74, 6) is 1.09. The van der Waals surface area contributed by atoms with E-state index < -0.39 is 0 Å². The van der Waals surface area contributed by atoms with Crippen molar-refractivity contribution >= 4 is 28.1 Å². The minimum Gasteiger partial charge on any atom is -0.454 e. The third-order valence-corrected chi connectivity index (χ3v) is 5.27. The van der Waals surface area contributed by atoms with Crippen molar-refractivity contribution < 1.29 is 19.0 Å². The Labute approximate surface area is 171 Å². The van der Waals surface area contributed by atoms with E-state index in [1.807, 2.05) is 36.4 Å². The van der Waals surface area contributed by atoms with Gasteiger partial charge in [0.05, 0.1) is 19.4 Å². The molecule has 1 fully saturated rings. The number of nitrogens with zero attached hydrogens (tertiary/aromatic N) is 2. The Kier molecular flexibility index (Phi) is 5.90. The second kappa shape index (κ2) is 8.72. The van der Waals surface area contributed by atoms with Gasteiger partial charge in [-0.05, 0) is 45.8 Å². The van der Waals surface area contributed by atoms with E-state index in [4.69, 9.17) is 14.2 Å². The molecule has 0 unspecified atom stereocenters. The van der Waals surface area contributed by atoms with Crippen molar-refractivity contribution in [2.24, 2.45) is 5.10 Å². The molecule has 146 valence electrons. The van der Waals surface area contributed by atoms with Gasteiger partial charge in [0.1, 0.15) is 0 Å². The van der Waals surface area contributed by atoms with E-state index >= 15 is 0 Å². The lowest BCUT2D eigenvalue weighted by molar-refractivity contribution is 0.0342. The van der Waals surface area contributed by atoms with E-state index in [1.54, 1.807) is 6.21 Å². The normalized spacial score (nSPS) is 16.5. The van der Waals surface area contributed by atoms with Crippen LogP contribution in [0.25, 0.3) is 0 Å². The van der Waals surface area contributed by atoms with Crippen LogP contribution in [0.15, 0.2) is 46.0 Å². The SMILES string of the molecule is O=C(N/N=C\c1cc2c(cc1Br)OCO2)c1ccc(CN2CCOCC2)cc1. The van der Waals surface area contributed by atoms with Crippen molar-refractivity contribution in [3.8, 4) is 11.5 Å². The van der Waals surface area contributed by atoms with E-state index in [0.717, 1.165) is 42.9 Å². The molecule has 0 spiro atoms. The summed E-state index contributed by atoms with van der Waals surface area (Å²) in [6.45, 7) is 4.50. The van der Waals surface area contributed by atoms with Gasteiger partial charge in [-0.25, -0.2) is 5.43 Å². The fourth-order valence-corrected chi connectivity index (χ4v) is 3.46. The smallest absolute Gasteiger partial charge is 0.271 e. The maximum absolute atomic E-state index is 12.3. The highest BCUT2D eigenvalue weighted by Crippen LogP contribution is 2.36. The first-order valence-corrected chi connectivity index (χ1v) is 9.80. The number of fused-ring (bicyclic) bond motifs is 1. The lowest BCUT2D eigenvalue weighted by Crippen LogP contribution is -2.35. The Morgan fingerprint density at radius 2 is 1.86 bits per heavy atom. The molecular formula is C20H20BrN3O4. The van der Waals surface area contributed by atoms with E-state index in [-0.39, 0.29) is 12.7 Å². The number of carbonyl (C=O) groups is 1. The molecule has 2 aliphatic heterocycles. The van der Waals surface area contributed by atoms with Gasteiger partial charge in [-0.15, -0.1) is 0 Å². The number of morpholine rings is 1. The zero-order chi connectivity index (χ0) is 19.3. The number of hydrazone groups is 1. The van der Waals surface area contributed by atoms with Crippen molar-refractivity contribution in [2.45, 2.75) is 6.54 Å². The van der Waals surface area contributed by atoms with Crippen molar-refractivity contribution in [3.05, 3.63) is 57.6 Å². The Hall–Kier alpha value is -2.42. The standard InChI is InChI=1S/C20H20BrN3O4/c21-17-10-19-18(27-13-28-19)9-16(17)11-22-23-20(25)15-3-1-14(2-4-15)12-24-5-7-26-8-6-24/h1-4,9-11H,5-8,12-13H2,(H,23,25)/b22-11-. The van der Waals surface area contributed by atoms with Gasteiger partial charge in [0.25, 0.3) is 5.91 Å². The first-order valence-electron chi connectivity index (χ1n) is 9.00. The number of halogens is 1. The minimum atomic E-state index is -0.258. The van der Waals surface area contributed by atoms with E-state index in [9.17, 15) is 4.79 Å². The molecule has 0 bridgehead atoms. The molecule has 4 rings (SSSR count). The summed E-state index contributed by atoms with van der Waals surface area (Å²) in [6.07, 6.45) is 1.57. The summed E-state index contributed by atoms with van der Waals surface area (Å²) in [5.41, 5.74) is 5.07. The molecule has 7 nitrogen and oxygen atoms in total. The van der Waals surface area contributed by atoms with Crippen LogP contribution < -0.4 is 14.9 Å². The highest BCUT2D eigenvalue weighted by molar-refractivity contribution is 9.10. The summed E-state index contributed by atoms with van der Waals surface area (Å²) in [5, 5.41) is 4.05. The maximum Gasteiger partial charge on any atom is 0.271 e. The maximum atomic E-state index is 12.3. The van der Waals surface area contributed by atoms with Gasteiger partial charge in [0.15, 0.2) is 11.5 Å². The highest BCUT2D eigenvalue weighted by atomic mass is 79.9. The Bertz CT molecular complexity index is 880. The second-order valence-corrected chi connectivity index (χ2v) is 7.37. The largest absolute Gasteiger partial charge is 0.454 e. The quantitative estimate of drug-likeness (QED) is 0.565. The molecule has 2 heterocycles. The van der Waals surface area contributed by atoms with Gasteiger partial charge < -0.3 is 14.2 Å². The van der Waals surface area contributed by atoms with Crippen LogP contribution in [0, 0.1) is 0 Å². The number of ether oxygens (including phenoxy) is 3. The molecule has 2 aliphatic rings. The number of hydrogen-bond donors (Lipinski definition) is 1. The zero-order valence-corrected chi connectivity index (χ0v) is 16.8. The first kappa shape index (κ1) is 18.9. The third-order valence-electron chi connectivity index (χ3n) is 4.59. The molecule has 28 heavy (non-hydrogen) atoms. The molecule has 0 saturated carbocycles. The number of nitrogens with one attached hydrogen (secondary N) is 1. The fraction of sp³-hybridized carbons (Fsp3) is 0.300. The van der Waals surface area contributed by atoms with E-state index in [2.05, 4.69) is 31.4 Å². The lowest BCUT2D eigenvalue weighted by Gasteiger charge is -2.26. The molecule has 0 aliphatic carbocycles. The summed E-state index contributed by atoms with van der Waals surface area (Å²) in [4.78, 5) is 14.6. The van der Waals surface area contributed by atoms with Crippen LogP contribution in [0.5, 0.6) is 11.5 Å². The number of carbonyl (C=O) groups excluding carboxylic acids is 1. The van der Waals surface area contributed by atoms with Crippen LogP contribution in [0.1, 0.15) is 21.5 Å². The fourth-order valence-electron chi connectivity index (χ4n) is 3.04. The summed E-state index contributed by atoms with van der Waals surface area (Å²) < 4.78 is 16.8. The molecule has 2 aromatic carbocycles. The van der Waals surface area contributed by atoms with E-state index in [1.165, 1.54) is 5.56 Å². The molecule has 1 N–H and O–H groups in total. The second-order valence-electron chi connectivity index (χ2n) is 6.51. The van der Waals surface area contributed by atoms with E-state index in [0.29, 0.717) is 17.1 Å². The van der Waals surface area contributed by atoms with Crippen LogP contribution in [0.4, 0.5) is 0 Å². The van der Waals surface area contributed by atoms with Gasteiger partial charge >= 0.3 is 0 Å². The molecule has 1 amide bonds. The van der Waals surface area contributed by atoms with Gasteiger partial charge in [0.2, 0.25) is 6.79 Å². The summed E-state index contributed by atoms with van der Waals surface area (Å²) in [7, 11) is 0. The van der Waals surface area contributed by atoms with Gasteiger partial charge in [-0.3, -0.25) is 9.69 Å².